The Morgan fingerprint density at radius 3 is 2.38 bits per heavy atom. The highest BCUT2D eigenvalue weighted by Crippen LogP contribution is 2.14. The summed E-state index contributed by atoms with van der Waals surface area (Å²) in [6, 6.07) is 3.55. The number of hydrogen-bond acceptors (Lipinski definition) is 2. The van der Waals surface area contributed by atoms with E-state index >= 15 is 0 Å². The van der Waals surface area contributed by atoms with Crippen molar-refractivity contribution >= 4 is 0 Å². The molecule has 0 aliphatic carbocycles. The first-order valence-corrected chi connectivity index (χ1v) is 3.79. The van der Waals surface area contributed by atoms with Crippen LogP contribution in [0.4, 0.5) is 8.78 Å². The van der Waals surface area contributed by atoms with Crippen LogP contribution >= 0.6 is 0 Å². The third kappa shape index (κ3) is 2.47. The summed E-state index contributed by atoms with van der Waals surface area (Å²) < 4.78 is 30.4. The van der Waals surface area contributed by atoms with Crippen LogP contribution in [-0.4, -0.2) is 18.5 Å². The Morgan fingerprint density at radius 2 is 1.92 bits per heavy atom. The largest absolute Gasteiger partial charge is 0.368 e. The van der Waals surface area contributed by atoms with Gasteiger partial charge in [0.15, 0.2) is 6.29 Å². The summed E-state index contributed by atoms with van der Waals surface area (Å²) in [5.41, 5.74) is -0.156. The number of rotatable bonds is 3. The fraction of sp³-hybridized carbons (Fsp3) is 0.333. The maximum atomic E-state index is 12.9. The van der Waals surface area contributed by atoms with E-state index in [1.54, 1.807) is 0 Å². The summed E-state index contributed by atoms with van der Waals surface area (Å²) in [5.74, 6) is -1.34. The number of aliphatic hydroxyl groups excluding tert-OH is 1. The molecule has 1 N–H and O–H groups in total. The van der Waals surface area contributed by atoms with Gasteiger partial charge in [-0.15, -0.1) is 0 Å². The Balaban J connectivity index is 2.87. The van der Waals surface area contributed by atoms with E-state index in [0.717, 1.165) is 12.1 Å². The van der Waals surface area contributed by atoms with E-state index in [-0.39, 0.29) is 12.0 Å². The molecule has 0 bridgehead atoms. The first kappa shape index (κ1) is 10.1. The lowest BCUT2D eigenvalue weighted by Gasteiger charge is -2.09. The zero-order chi connectivity index (χ0) is 9.84. The van der Waals surface area contributed by atoms with Gasteiger partial charge in [-0.1, -0.05) is 6.07 Å². The van der Waals surface area contributed by atoms with Gasteiger partial charge in [-0.2, -0.15) is 0 Å². The van der Waals surface area contributed by atoms with E-state index < -0.39 is 17.9 Å². The molecule has 4 heteroatoms. The lowest BCUT2D eigenvalue weighted by Crippen LogP contribution is -2.14. The lowest BCUT2D eigenvalue weighted by molar-refractivity contribution is -0.0729. The molecule has 0 saturated carbocycles. The Labute approximate surface area is 74.8 Å². The first-order valence-electron chi connectivity index (χ1n) is 3.79. The molecule has 0 radical (unpaired) electrons. The standard InChI is InChI=1S/C9H10F2O2/c1-13-9(12)5-6-7(10)3-2-4-8(6)11/h2-4,9,12H,5H2,1H3. The van der Waals surface area contributed by atoms with Gasteiger partial charge in [0.05, 0.1) is 0 Å². The lowest BCUT2D eigenvalue weighted by atomic mass is 10.1. The normalized spacial score (nSPS) is 12.9. The van der Waals surface area contributed by atoms with Gasteiger partial charge in [0, 0.05) is 19.1 Å². The van der Waals surface area contributed by atoms with Crippen molar-refractivity contribution in [2.75, 3.05) is 7.11 Å². The Hall–Kier alpha value is -1.00. The Morgan fingerprint density at radius 1 is 1.38 bits per heavy atom. The minimum Gasteiger partial charge on any atom is -0.368 e. The zero-order valence-electron chi connectivity index (χ0n) is 7.13. The van der Waals surface area contributed by atoms with E-state index in [1.165, 1.54) is 13.2 Å². The summed E-state index contributed by atoms with van der Waals surface area (Å²) in [5, 5.41) is 9.00. The van der Waals surface area contributed by atoms with E-state index in [0.29, 0.717) is 0 Å². The molecule has 72 valence electrons. The van der Waals surface area contributed by atoms with Crippen molar-refractivity contribution in [3.8, 4) is 0 Å². The molecule has 1 aromatic rings. The van der Waals surface area contributed by atoms with Gasteiger partial charge in [-0.05, 0) is 12.1 Å². The van der Waals surface area contributed by atoms with Gasteiger partial charge >= 0.3 is 0 Å². The average Bonchev–Trinajstić information content (AvgIpc) is 2.11. The molecule has 1 atom stereocenters. The molecule has 0 aliphatic heterocycles. The minimum atomic E-state index is -1.17. The molecule has 0 fully saturated rings. The number of ether oxygens (including phenoxy) is 1. The quantitative estimate of drug-likeness (QED) is 0.728. The predicted molar refractivity (Wildman–Crippen MR) is 43.1 cm³/mol. The van der Waals surface area contributed by atoms with Gasteiger partial charge in [0.1, 0.15) is 11.6 Å². The molecule has 0 saturated heterocycles. The number of benzene rings is 1. The number of hydrogen-bond donors (Lipinski definition) is 1. The topological polar surface area (TPSA) is 29.5 Å². The maximum absolute atomic E-state index is 12.9. The van der Waals surface area contributed by atoms with Crippen LogP contribution in [0.15, 0.2) is 18.2 Å². The molecule has 1 rings (SSSR count). The van der Waals surface area contributed by atoms with Crippen LogP contribution < -0.4 is 0 Å². The monoisotopic (exact) mass is 188 g/mol. The average molecular weight is 188 g/mol. The van der Waals surface area contributed by atoms with Crippen molar-refractivity contribution in [2.45, 2.75) is 12.7 Å². The van der Waals surface area contributed by atoms with Crippen molar-refractivity contribution in [1.29, 1.82) is 0 Å². The number of methoxy groups -OCH3 is 1. The van der Waals surface area contributed by atoms with Gasteiger partial charge < -0.3 is 9.84 Å². The number of halogens is 2. The highest BCUT2D eigenvalue weighted by atomic mass is 19.1. The van der Waals surface area contributed by atoms with Crippen LogP contribution in [-0.2, 0) is 11.2 Å². The van der Waals surface area contributed by atoms with Crippen molar-refractivity contribution < 1.29 is 18.6 Å². The Bertz CT molecular complexity index is 269. The molecule has 1 aromatic carbocycles. The summed E-state index contributed by atoms with van der Waals surface area (Å²) in [7, 11) is 1.27. The summed E-state index contributed by atoms with van der Waals surface area (Å²) in [6.45, 7) is 0. The highest BCUT2D eigenvalue weighted by molar-refractivity contribution is 5.19. The first-order chi connectivity index (χ1) is 6.15. The molecular weight excluding hydrogens is 178 g/mol. The Kier molecular flexibility index (Phi) is 3.33. The van der Waals surface area contributed by atoms with Crippen molar-refractivity contribution in [2.24, 2.45) is 0 Å². The second kappa shape index (κ2) is 4.30. The third-order valence-corrected chi connectivity index (χ3v) is 1.71. The summed E-state index contributed by atoms with van der Waals surface area (Å²) in [4.78, 5) is 0. The van der Waals surface area contributed by atoms with E-state index in [1.807, 2.05) is 0 Å². The van der Waals surface area contributed by atoms with Gasteiger partial charge in [0.2, 0.25) is 0 Å². The fourth-order valence-corrected chi connectivity index (χ4v) is 0.985. The number of aliphatic hydroxyl groups is 1. The maximum Gasteiger partial charge on any atom is 0.158 e. The van der Waals surface area contributed by atoms with Crippen LogP contribution in [0.1, 0.15) is 5.56 Å². The highest BCUT2D eigenvalue weighted by Gasteiger charge is 2.12. The van der Waals surface area contributed by atoms with E-state index in [2.05, 4.69) is 4.74 Å². The summed E-state index contributed by atoms with van der Waals surface area (Å²) in [6.07, 6.45) is -1.36. The van der Waals surface area contributed by atoms with Gasteiger partial charge in [-0.3, -0.25) is 0 Å². The zero-order valence-corrected chi connectivity index (χ0v) is 7.13. The van der Waals surface area contributed by atoms with Crippen molar-refractivity contribution in [3.63, 3.8) is 0 Å². The molecule has 0 amide bonds. The molecule has 0 aliphatic rings. The minimum absolute atomic E-state index is 0.156. The molecular formula is C9H10F2O2. The van der Waals surface area contributed by atoms with Crippen LogP contribution in [0.3, 0.4) is 0 Å². The fourth-order valence-electron chi connectivity index (χ4n) is 0.985. The third-order valence-electron chi connectivity index (χ3n) is 1.71. The van der Waals surface area contributed by atoms with Crippen LogP contribution in [0, 0.1) is 11.6 Å². The summed E-state index contributed by atoms with van der Waals surface area (Å²) >= 11 is 0. The molecule has 0 aromatic heterocycles. The second-order valence-corrected chi connectivity index (χ2v) is 2.59. The predicted octanol–water partition coefficient (Wildman–Crippen LogP) is 1.47. The van der Waals surface area contributed by atoms with Crippen LogP contribution in [0.5, 0.6) is 0 Å². The smallest absolute Gasteiger partial charge is 0.158 e. The SMILES string of the molecule is COC(O)Cc1c(F)cccc1F. The van der Waals surface area contributed by atoms with Crippen LogP contribution in [0.25, 0.3) is 0 Å². The van der Waals surface area contributed by atoms with Gasteiger partial charge in [-0.25, -0.2) is 8.78 Å². The molecule has 13 heavy (non-hydrogen) atoms. The molecule has 0 heterocycles. The van der Waals surface area contributed by atoms with E-state index in [4.69, 9.17) is 5.11 Å². The van der Waals surface area contributed by atoms with Gasteiger partial charge in [0.25, 0.3) is 0 Å². The second-order valence-electron chi connectivity index (χ2n) is 2.59. The molecule has 1 unspecified atom stereocenters. The molecule has 0 spiro atoms. The van der Waals surface area contributed by atoms with Crippen molar-refractivity contribution in [1.82, 2.24) is 0 Å². The molecule has 2 nitrogen and oxygen atoms in total. The van der Waals surface area contributed by atoms with E-state index in [9.17, 15) is 8.78 Å². The van der Waals surface area contributed by atoms with Crippen molar-refractivity contribution in [3.05, 3.63) is 35.4 Å². The van der Waals surface area contributed by atoms with Crippen LogP contribution in [0.2, 0.25) is 0 Å².